The predicted molar refractivity (Wildman–Crippen MR) is 91.7 cm³/mol. The third kappa shape index (κ3) is 3.16. The van der Waals surface area contributed by atoms with Crippen LogP contribution in [-0.2, 0) is 5.54 Å². The number of rotatable bonds is 5. The molecule has 2 heterocycles. The number of aromatic nitrogens is 4. The highest BCUT2D eigenvalue weighted by atomic mass is 32.1. The van der Waals surface area contributed by atoms with E-state index in [9.17, 15) is 10.1 Å². The second-order valence-electron chi connectivity index (χ2n) is 6.95. The van der Waals surface area contributed by atoms with Gasteiger partial charge in [-0.1, -0.05) is 24.5 Å². The lowest BCUT2D eigenvalue weighted by atomic mass is 9.82. The van der Waals surface area contributed by atoms with Gasteiger partial charge in [-0.05, 0) is 31.6 Å². The molecule has 4 rings (SSSR count). The van der Waals surface area contributed by atoms with Crippen LogP contribution in [0.5, 0.6) is 0 Å². The molecule has 0 aromatic carbocycles. The van der Waals surface area contributed by atoms with Gasteiger partial charge in [0.1, 0.15) is 11.4 Å². The molecule has 1 amide bonds. The Hall–Kier alpha value is -2.27. The molecule has 25 heavy (non-hydrogen) atoms. The summed E-state index contributed by atoms with van der Waals surface area (Å²) in [7, 11) is 0. The van der Waals surface area contributed by atoms with Crippen LogP contribution in [0.4, 0.5) is 0 Å². The van der Waals surface area contributed by atoms with Gasteiger partial charge in [-0.25, -0.2) is 9.67 Å². The summed E-state index contributed by atoms with van der Waals surface area (Å²) in [5.74, 6) is 0.173. The van der Waals surface area contributed by atoms with Crippen LogP contribution in [0.25, 0.3) is 0 Å². The van der Waals surface area contributed by atoms with Crippen LogP contribution in [-0.4, -0.2) is 25.9 Å². The highest BCUT2D eigenvalue weighted by molar-refractivity contribution is 7.07. The van der Waals surface area contributed by atoms with Gasteiger partial charge in [-0.2, -0.15) is 5.26 Å². The molecule has 0 saturated heterocycles. The minimum Gasteiger partial charge on any atom is -0.342 e. The van der Waals surface area contributed by atoms with Gasteiger partial charge in [0.25, 0.3) is 5.91 Å². The lowest BCUT2D eigenvalue weighted by Gasteiger charge is -2.29. The van der Waals surface area contributed by atoms with Crippen LogP contribution in [0.15, 0.2) is 17.1 Å². The second-order valence-corrected chi connectivity index (χ2v) is 7.67. The first kappa shape index (κ1) is 16.2. The Kier molecular flexibility index (Phi) is 4.25. The molecule has 2 aliphatic carbocycles. The van der Waals surface area contributed by atoms with Gasteiger partial charge in [0.05, 0.1) is 23.8 Å². The van der Waals surface area contributed by atoms with E-state index in [1.54, 1.807) is 15.6 Å². The maximum Gasteiger partial charge on any atom is 0.271 e. The molecule has 1 N–H and O–H groups in total. The summed E-state index contributed by atoms with van der Waals surface area (Å²) in [5.41, 5.74) is 2.32. The molecule has 0 aliphatic heterocycles. The zero-order valence-corrected chi connectivity index (χ0v) is 14.7. The molecule has 130 valence electrons. The lowest BCUT2D eigenvalue weighted by molar-refractivity contribution is 0.0906. The molecular weight excluding hydrogens is 336 g/mol. The molecule has 2 saturated carbocycles. The van der Waals surface area contributed by atoms with Gasteiger partial charge < -0.3 is 5.32 Å². The van der Waals surface area contributed by atoms with E-state index in [-0.39, 0.29) is 11.9 Å². The van der Waals surface area contributed by atoms with E-state index in [0.717, 1.165) is 31.4 Å². The molecule has 0 spiro atoms. The fraction of sp³-hybridized carbons (Fsp3) is 0.588. The maximum absolute atomic E-state index is 12.5. The first-order valence-electron chi connectivity index (χ1n) is 8.75. The van der Waals surface area contributed by atoms with Crippen LogP contribution in [0.1, 0.15) is 67.2 Å². The van der Waals surface area contributed by atoms with E-state index in [1.165, 1.54) is 30.6 Å². The van der Waals surface area contributed by atoms with E-state index in [2.05, 4.69) is 26.7 Å². The zero-order valence-electron chi connectivity index (χ0n) is 13.9. The summed E-state index contributed by atoms with van der Waals surface area (Å²) in [6.07, 6.45) is 9.19. The minimum absolute atomic E-state index is 0.173. The third-order valence-electron chi connectivity index (χ3n) is 5.27. The first-order chi connectivity index (χ1) is 12.2. The molecule has 2 fully saturated rings. The molecule has 0 radical (unpaired) electrons. The molecule has 8 heteroatoms. The van der Waals surface area contributed by atoms with Crippen LogP contribution in [0, 0.1) is 17.2 Å². The van der Waals surface area contributed by atoms with Crippen molar-refractivity contribution in [1.29, 1.82) is 5.26 Å². The first-order valence-corrected chi connectivity index (χ1v) is 9.69. The number of nitriles is 1. The van der Waals surface area contributed by atoms with Crippen LogP contribution in [0.2, 0.25) is 0 Å². The van der Waals surface area contributed by atoms with Crippen molar-refractivity contribution >= 4 is 17.2 Å². The third-order valence-corrected chi connectivity index (χ3v) is 5.86. The topological polar surface area (TPSA) is 96.5 Å². The summed E-state index contributed by atoms with van der Waals surface area (Å²) in [6.45, 7) is 0. The summed E-state index contributed by atoms with van der Waals surface area (Å²) in [5, 5.41) is 22.7. The number of amides is 1. The summed E-state index contributed by atoms with van der Waals surface area (Å²) >= 11 is 1.41. The normalized spacial score (nSPS) is 20.6. The van der Waals surface area contributed by atoms with Crippen molar-refractivity contribution in [2.24, 2.45) is 5.92 Å². The Balaban J connectivity index is 1.59. The molecule has 7 nitrogen and oxygen atoms in total. The Labute approximate surface area is 150 Å². The Morgan fingerprint density at radius 3 is 2.84 bits per heavy atom. The van der Waals surface area contributed by atoms with E-state index >= 15 is 0 Å². The molecule has 0 bridgehead atoms. The van der Waals surface area contributed by atoms with Crippen LogP contribution < -0.4 is 5.32 Å². The summed E-state index contributed by atoms with van der Waals surface area (Å²) in [6, 6.07) is 2.15. The van der Waals surface area contributed by atoms with Crippen molar-refractivity contribution in [3.63, 3.8) is 0 Å². The number of nitrogens with zero attached hydrogens (tertiary/aromatic N) is 5. The van der Waals surface area contributed by atoms with Gasteiger partial charge in [0.2, 0.25) is 0 Å². The van der Waals surface area contributed by atoms with E-state index < -0.39 is 5.54 Å². The summed E-state index contributed by atoms with van der Waals surface area (Å²) < 4.78 is 1.67. The van der Waals surface area contributed by atoms with Crippen molar-refractivity contribution < 1.29 is 4.79 Å². The highest BCUT2D eigenvalue weighted by Crippen LogP contribution is 2.42. The van der Waals surface area contributed by atoms with Gasteiger partial charge in [-0.15, -0.1) is 16.4 Å². The monoisotopic (exact) mass is 356 g/mol. The largest absolute Gasteiger partial charge is 0.342 e. The standard InChI is InChI=1S/C17H20N6OS/c18-10-17(6-7-17)23-8-13(21-22-23)15(12-4-2-1-3-5-12)20-16(24)14-9-25-11-19-14/h8-9,11-12,15H,1-7H2,(H,20,24). The van der Waals surface area contributed by atoms with Gasteiger partial charge in [-0.3, -0.25) is 4.79 Å². The number of hydrogen-bond acceptors (Lipinski definition) is 6. The van der Waals surface area contributed by atoms with Crippen LogP contribution >= 0.6 is 11.3 Å². The van der Waals surface area contributed by atoms with Crippen molar-refractivity contribution in [3.8, 4) is 6.07 Å². The SMILES string of the molecule is N#CC1(n2cc(C(NC(=O)c3cscn3)C3CCCCC3)nn2)CC1. The van der Waals surface area contributed by atoms with E-state index in [0.29, 0.717) is 11.6 Å². The maximum atomic E-state index is 12.5. The average molecular weight is 356 g/mol. The highest BCUT2D eigenvalue weighted by Gasteiger charge is 2.47. The lowest BCUT2D eigenvalue weighted by Crippen LogP contribution is -2.35. The predicted octanol–water partition coefficient (Wildman–Crippen LogP) is 2.80. The number of thiazole rings is 1. The Bertz CT molecular complexity index is 782. The van der Waals surface area contributed by atoms with Gasteiger partial charge in [0, 0.05) is 5.38 Å². The molecule has 2 aromatic heterocycles. The van der Waals surface area contributed by atoms with Crippen molar-refractivity contribution in [2.75, 3.05) is 0 Å². The van der Waals surface area contributed by atoms with Crippen molar-refractivity contribution in [2.45, 2.75) is 56.5 Å². The van der Waals surface area contributed by atoms with E-state index in [4.69, 9.17) is 0 Å². The Morgan fingerprint density at radius 2 is 2.20 bits per heavy atom. The molecule has 2 aliphatic rings. The number of nitrogens with one attached hydrogen (secondary N) is 1. The average Bonchev–Trinajstić information content (AvgIpc) is 3.05. The molecular formula is C17H20N6OS. The quantitative estimate of drug-likeness (QED) is 0.888. The minimum atomic E-state index is -0.527. The van der Waals surface area contributed by atoms with Crippen LogP contribution in [0.3, 0.4) is 0 Å². The smallest absolute Gasteiger partial charge is 0.271 e. The number of hydrogen-bond donors (Lipinski definition) is 1. The van der Waals surface area contributed by atoms with Gasteiger partial charge in [0.15, 0.2) is 5.54 Å². The second kappa shape index (κ2) is 6.56. The van der Waals surface area contributed by atoms with Crippen molar-refractivity contribution in [1.82, 2.24) is 25.3 Å². The molecule has 2 aromatic rings. The fourth-order valence-electron chi connectivity index (χ4n) is 3.58. The molecule has 1 unspecified atom stereocenters. The number of carbonyl (C=O) groups excluding carboxylic acids is 1. The molecule has 1 atom stereocenters. The van der Waals surface area contributed by atoms with Crippen molar-refractivity contribution in [3.05, 3.63) is 28.5 Å². The van der Waals surface area contributed by atoms with Gasteiger partial charge >= 0.3 is 0 Å². The Morgan fingerprint density at radius 1 is 1.40 bits per heavy atom. The zero-order chi connectivity index (χ0) is 17.3. The summed E-state index contributed by atoms with van der Waals surface area (Å²) in [4.78, 5) is 16.6. The number of carbonyl (C=O) groups is 1. The van der Waals surface area contributed by atoms with E-state index in [1.807, 2.05) is 6.20 Å². The fourth-order valence-corrected chi connectivity index (χ4v) is 4.11.